The van der Waals surface area contributed by atoms with E-state index in [9.17, 15) is 8.42 Å². The van der Waals surface area contributed by atoms with Crippen molar-refractivity contribution in [2.24, 2.45) is 0 Å². The normalized spacial score (nSPS) is 13.4. The fourth-order valence-corrected chi connectivity index (χ4v) is 4.09. The van der Waals surface area contributed by atoms with Gasteiger partial charge in [-0.05, 0) is 25.8 Å². The van der Waals surface area contributed by atoms with Crippen molar-refractivity contribution in [3.8, 4) is 6.07 Å². The maximum atomic E-state index is 11.9. The van der Waals surface area contributed by atoms with E-state index in [-0.39, 0.29) is 0 Å². The molecule has 0 aromatic carbocycles. The molecule has 0 aromatic heterocycles. The SMILES string of the molecule is CC(C)S(=O)(=O)N(CC#N)SC(Cl)(Cl)C(Cl)Cl. The summed E-state index contributed by atoms with van der Waals surface area (Å²) in [6, 6.07) is 1.71. The number of rotatable bonds is 6. The zero-order valence-corrected chi connectivity index (χ0v) is 13.6. The van der Waals surface area contributed by atoms with E-state index in [2.05, 4.69) is 0 Å². The molecule has 0 N–H and O–H groups in total. The molecule has 10 heteroatoms. The van der Waals surface area contributed by atoms with Crippen LogP contribution in [0.4, 0.5) is 0 Å². The summed E-state index contributed by atoms with van der Waals surface area (Å²) >= 11 is 23.1. The number of nitriles is 1. The van der Waals surface area contributed by atoms with E-state index in [1.807, 2.05) is 0 Å². The minimum atomic E-state index is -3.68. The molecule has 0 radical (unpaired) electrons. The van der Waals surface area contributed by atoms with Crippen molar-refractivity contribution >= 4 is 68.4 Å². The molecule has 0 bridgehead atoms. The number of sulfonamides is 1. The minimum Gasteiger partial charge on any atom is -0.211 e. The van der Waals surface area contributed by atoms with Crippen LogP contribution in [0, 0.1) is 11.3 Å². The molecular formula is C7H10Cl4N2O2S2. The molecule has 0 atom stereocenters. The number of alkyl halides is 4. The van der Waals surface area contributed by atoms with E-state index in [4.69, 9.17) is 51.7 Å². The van der Waals surface area contributed by atoms with Gasteiger partial charge in [-0.15, -0.1) is 26.9 Å². The van der Waals surface area contributed by atoms with E-state index in [1.54, 1.807) is 6.07 Å². The van der Waals surface area contributed by atoms with E-state index < -0.39 is 30.3 Å². The third-order valence-electron chi connectivity index (χ3n) is 1.56. The number of nitrogens with zero attached hydrogens (tertiary/aromatic N) is 2. The van der Waals surface area contributed by atoms with Gasteiger partial charge in [0.2, 0.25) is 13.7 Å². The first-order valence-electron chi connectivity index (χ1n) is 4.29. The second kappa shape index (κ2) is 6.90. The number of halogens is 4. The van der Waals surface area contributed by atoms with Crippen molar-refractivity contribution in [2.45, 2.75) is 27.6 Å². The second-order valence-electron chi connectivity index (χ2n) is 3.17. The predicted molar refractivity (Wildman–Crippen MR) is 73.9 cm³/mol. The van der Waals surface area contributed by atoms with Crippen molar-refractivity contribution in [1.82, 2.24) is 3.71 Å². The van der Waals surface area contributed by atoms with Crippen molar-refractivity contribution in [1.29, 1.82) is 5.26 Å². The Morgan fingerprint density at radius 2 is 1.88 bits per heavy atom. The maximum absolute atomic E-state index is 11.9. The Bertz CT molecular complexity index is 391. The smallest absolute Gasteiger partial charge is 0.211 e. The van der Waals surface area contributed by atoms with E-state index in [0.29, 0.717) is 11.9 Å². The van der Waals surface area contributed by atoms with Crippen LogP contribution in [-0.2, 0) is 10.0 Å². The number of hydrogen-bond donors (Lipinski definition) is 0. The van der Waals surface area contributed by atoms with Crippen molar-refractivity contribution < 1.29 is 8.42 Å². The number of hydrogen-bond acceptors (Lipinski definition) is 4. The molecule has 0 unspecified atom stereocenters. The zero-order valence-electron chi connectivity index (χ0n) is 8.90. The lowest BCUT2D eigenvalue weighted by atomic mass is 10.6. The molecule has 0 aliphatic rings. The Kier molecular flexibility index (Phi) is 7.27. The van der Waals surface area contributed by atoms with E-state index in [1.165, 1.54) is 13.8 Å². The minimum absolute atomic E-state index is 0.396. The highest BCUT2D eigenvalue weighted by Crippen LogP contribution is 2.45. The van der Waals surface area contributed by atoms with Crippen LogP contribution in [0.15, 0.2) is 0 Å². The fourth-order valence-electron chi connectivity index (χ4n) is 0.643. The topological polar surface area (TPSA) is 61.2 Å². The zero-order chi connectivity index (χ0) is 13.9. The van der Waals surface area contributed by atoms with Crippen LogP contribution in [0.3, 0.4) is 0 Å². The van der Waals surface area contributed by atoms with Gasteiger partial charge in [0.05, 0.1) is 11.3 Å². The fraction of sp³-hybridized carbons (Fsp3) is 0.857. The van der Waals surface area contributed by atoms with Crippen molar-refractivity contribution in [3.05, 3.63) is 0 Å². The Morgan fingerprint density at radius 3 is 2.18 bits per heavy atom. The summed E-state index contributed by atoms with van der Waals surface area (Å²) in [5.41, 5.74) is 0. The van der Waals surface area contributed by atoms with Crippen LogP contribution in [0.2, 0.25) is 0 Å². The molecule has 0 fully saturated rings. The summed E-state index contributed by atoms with van der Waals surface area (Å²) in [4.78, 5) is -1.21. The van der Waals surface area contributed by atoms with Crippen LogP contribution in [-0.4, -0.2) is 32.4 Å². The molecule has 0 aliphatic carbocycles. The molecule has 0 aromatic rings. The van der Waals surface area contributed by atoms with Gasteiger partial charge in [0.15, 0.2) is 4.84 Å². The molecule has 0 saturated carbocycles. The molecule has 0 aliphatic heterocycles. The molecule has 0 heterocycles. The third kappa shape index (κ3) is 5.19. The van der Waals surface area contributed by atoms with Gasteiger partial charge in [0.25, 0.3) is 0 Å². The lowest BCUT2D eigenvalue weighted by Crippen LogP contribution is -2.36. The molecular weight excluding hydrogens is 350 g/mol. The summed E-state index contributed by atoms with van der Waals surface area (Å²) in [6.45, 7) is 2.55. The lowest BCUT2D eigenvalue weighted by Gasteiger charge is -2.27. The summed E-state index contributed by atoms with van der Waals surface area (Å²) in [5.74, 6) is 0. The van der Waals surface area contributed by atoms with Gasteiger partial charge in [0.1, 0.15) is 6.54 Å². The average Bonchev–Trinajstić information content (AvgIpc) is 2.16. The maximum Gasteiger partial charge on any atom is 0.226 e. The summed E-state index contributed by atoms with van der Waals surface area (Å²) in [7, 11) is -3.68. The Balaban J connectivity index is 5.11. The molecule has 4 nitrogen and oxygen atoms in total. The largest absolute Gasteiger partial charge is 0.226 e. The quantitative estimate of drug-likeness (QED) is 0.415. The highest BCUT2D eigenvalue weighted by atomic mass is 35.5. The summed E-state index contributed by atoms with van der Waals surface area (Å²) < 4.78 is 22.8. The highest BCUT2D eigenvalue weighted by Gasteiger charge is 2.40. The summed E-state index contributed by atoms with van der Waals surface area (Å²) in [6.07, 6.45) is 0. The molecule has 0 amide bonds. The average molecular weight is 360 g/mol. The molecule has 0 spiro atoms. The van der Waals surface area contributed by atoms with Crippen molar-refractivity contribution in [3.63, 3.8) is 0 Å². The Morgan fingerprint density at radius 1 is 1.41 bits per heavy atom. The van der Waals surface area contributed by atoms with E-state index >= 15 is 0 Å². The van der Waals surface area contributed by atoms with Gasteiger partial charge in [-0.2, -0.15) is 5.26 Å². The van der Waals surface area contributed by atoms with Gasteiger partial charge in [-0.25, -0.2) is 8.42 Å². The molecule has 0 saturated heterocycles. The first-order valence-corrected chi connectivity index (χ1v) is 8.19. The van der Waals surface area contributed by atoms with Gasteiger partial charge >= 0.3 is 0 Å². The molecule has 17 heavy (non-hydrogen) atoms. The van der Waals surface area contributed by atoms with Crippen molar-refractivity contribution in [2.75, 3.05) is 6.54 Å². The van der Waals surface area contributed by atoms with Crippen LogP contribution < -0.4 is 0 Å². The van der Waals surface area contributed by atoms with Crippen LogP contribution in [0.5, 0.6) is 0 Å². The predicted octanol–water partition coefficient (Wildman–Crippen LogP) is 3.13. The second-order valence-corrected chi connectivity index (χ2v) is 10.0. The third-order valence-corrected chi connectivity index (χ3v) is 7.31. The van der Waals surface area contributed by atoms with Gasteiger partial charge < -0.3 is 0 Å². The summed E-state index contributed by atoms with van der Waals surface area (Å²) in [5, 5.41) is 7.88. The highest BCUT2D eigenvalue weighted by molar-refractivity contribution is 8.11. The van der Waals surface area contributed by atoms with E-state index in [0.717, 1.165) is 3.71 Å². The standard InChI is InChI=1S/C7H10Cl4N2O2S2/c1-5(2)17(14,15)13(4-3-12)16-7(10,11)6(8)9/h5-6H,4H2,1-2H3. The first kappa shape index (κ1) is 17.9. The lowest BCUT2D eigenvalue weighted by molar-refractivity contribution is 0.546. The molecule has 0 rings (SSSR count). The first-order chi connectivity index (χ1) is 7.55. The van der Waals surface area contributed by atoms with Gasteiger partial charge in [0, 0.05) is 0 Å². The Hall–Kier alpha value is 0.910. The molecule has 100 valence electrons. The van der Waals surface area contributed by atoms with Crippen LogP contribution in [0.25, 0.3) is 0 Å². The monoisotopic (exact) mass is 358 g/mol. The van der Waals surface area contributed by atoms with Gasteiger partial charge in [-0.1, -0.05) is 23.2 Å². The Labute approximate surface area is 125 Å². The van der Waals surface area contributed by atoms with Crippen LogP contribution in [0.1, 0.15) is 13.8 Å². The van der Waals surface area contributed by atoms with Gasteiger partial charge in [-0.3, -0.25) is 0 Å². The van der Waals surface area contributed by atoms with Crippen LogP contribution >= 0.6 is 58.4 Å².